The molecule has 0 bridgehead atoms. The molecule has 2 heteroatoms. The molecule has 60 heavy (non-hydrogen) atoms. The summed E-state index contributed by atoms with van der Waals surface area (Å²) in [6.07, 6.45) is 12.6. The Kier molecular flexibility index (Phi) is 11.4. The highest BCUT2D eigenvalue weighted by Gasteiger charge is 2.19. The lowest BCUT2D eigenvalue weighted by Gasteiger charge is -2.28. The summed E-state index contributed by atoms with van der Waals surface area (Å²) >= 11 is 0. The molecule has 1 unspecified atom stereocenters. The Balaban J connectivity index is 1.13. The second kappa shape index (κ2) is 17.8. The number of hydrogen-bond donors (Lipinski definition) is 1. The molecule has 0 heterocycles. The van der Waals surface area contributed by atoms with Crippen LogP contribution in [0, 0.1) is 5.92 Å². The standard InChI is InChI=1S/C58H50N2/c1-3-17-46-30-31-49(40-57(46)42(2)59-41-43-18-7-4-8-19-43)54-26-15-28-56-55(54)27-16-29-58(56)60(50-36-32-45(33-37-50)44-20-9-5-10-21-44)51-38-34-48(35-39-51)53-25-14-13-24-52(53)47-22-11-6-12-23-47/h3,5-7,9-18,20-40,43,59H,2,4,8,19,41H2,1H3/b17-3-. The fourth-order valence-corrected chi connectivity index (χ4v) is 8.71. The van der Waals surface area contributed by atoms with E-state index in [-0.39, 0.29) is 0 Å². The first-order valence-electron chi connectivity index (χ1n) is 21.2. The summed E-state index contributed by atoms with van der Waals surface area (Å²) in [6, 6.07) is 68.2. The van der Waals surface area contributed by atoms with Gasteiger partial charge in [-0.1, -0.05) is 183 Å². The number of fused-ring (bicyclic) bond motifs is 1. The molecule has 8 aromatic rings. The van der Waals surface area contributed by atoms with Gasteiger partial charge in [0.1, 0.15) is 0 Å². The molecule has 0 aliphatic heterocycles. The molecular weight excluding hydrogens is 725 g/mol. The Morgan fingerprint density at radius 3 is 1.82 bits per heavy atom. The molecule has 0 spiro atoms. The number of anilines is 3. The van der Waals surface area contributed by atoms with Crippen LogP contribution < -0.4 is 10.2 Å². The van der Waals surface area contributed by atoms with Crippen molar-refractivity contribution >= 4 is 39.6 Å². The molecule has 1 N–H and O–H groups in total. The maximum atomic E-state index is 4.55. The first-order valence-corrected chi connectivity index (χ1v) is 21.2. The van der Waals surface area contributed by atoms with E-state index in [0.717, 1.165) is 34.9 Å². The predicted molar refractivity (Wildman–Crippen MR) is 259 cm³/mol. The highest BCUT2D eigenvalue weighted by atomic mass is 15.1. The molecular formula is C58H50N2. The average molecular weight is 775 g/mol. The Morgan fingerprint density at radius 2 is 1.15 bits per heavy atom. The van der Waals surface area contributed by atoms with Gasteiger partial charge in [-0.2, -0.15) is 0 Å². The number of rotatable bonds is 12. The van der Waals surface area contributed by atoms with Gasteiger partial charge in [0.2, 0.25) is 0 Å². The predicted octanol–water partition coefficient (Wildman–Crippen LogP) is 15.9. The summed E-state index contributed by atoms with van der Waals surface area (Å²) in [5.41, 5.74) is 16.2. The van der Waals surface area contributed by atoms with Gasteiger partial charge in [-0.25, -0.2) is 0 Å². The lowest BCUT2D eigenvalue weighted by molar-refractivity contribution is 0.528. The number of hydrogen-bond acceptors (Lipinski definition) is 2. The maximum absolute atomic E-state index is 4.55. The average Bonchev–Trinajstić information content (AvgIpc) is 3.32. The second-order valence-electron chi connectivity index (χ2n) is 15.7. The highest BCUT2D eigenvalue weighted by molar-refractivity contribution is 6.06. The minimum Gasteiger partial charge on any atom is -0.384 e. The number of nitrogens with one attached hydrogen (secondary N) is 1. The van der Waals surface area contributed by atoms with Crippen LogP contribution in [0.2, 0.25) is 0 Å². The van der Waals surface area contributed by atoms with E-state index >= 15 is 0 Å². The third-order valence-corrected chi connectivity index (χ3v) is 11.8. The first-order chi connectivity index (χ1) is 29.6. The highest BCUT2D eigenvalue weighted by Crippen LogP contribution is 2.43. The number of benzene rings is 8. The van der Waals surface area contributed by atoms with Crippen LogP contribution in [0.3, 0.4) is 0 Å². The zero-order chi connectivity index (χ0) is 40.7. The minimum atomic E-state index is 0.541. The van der Waals surface area contributed by atoms with Crippen molar-refractivity contribution < 1.29 is 0 Å². The quantitative estimate of drug-likeness (QED) is 0.124. The fraction of sp³-hybridized carbons (Fsp3) is 0.103. The monoisotopic (exact) mass is 774 g/mol. The summed E-state index contributed by atoms with van der Waals surface area (Å²) in [6.45, 7) is 7.52. The maximum Gasteiger partial charge on any atom is 0.0540 e. The third-order valence-electron chi connectivity index (χ3n) is 11.8. The third kappa shape index (κ3) is 8.10. The van der Waals surface area contributed by atoms with Crippen LogP contribution >= 0.6 is 0 Å². The van der Waals surface area contributed by atoms with Crippen LogP contribution in [0.1, 0.15) is 37.3 Å². The SMILES string of the molecule is C=C(NCC1C=CCCC1)c1cc(-c2cccc3c(N(c4ccc(-c5ccccc5)cc4)c4ccc(-c5ccccc5-c5ccccc5)cc4)cccc23)ccc1/C=C\C. The molecule has 1 aliphatic rings. The summed E-state index contributed by atoms with van der Waals surface area (Å²) in [5, 5.41) is 6.08. The largest absolute Gasteiger partial charge is 0.384 e. The zero-order valence-corrected chi connectivity index (χ0v) is 34.3. The van der Waals surface area contributed by atoms with Crippen LogP contribution in [-0.2, 0) is 0 Å². The Hall–Kier alpha value is -7.16. The molecule has 0 amide bonds. The van der Waals surface area contributed by atoms with Crippen LogP contribution in [-0.4, -0.2) is 6.54 Å². The van der Waals surface area contributed by atoms with Crippen molar-refractivity contribution in [1.29, 1.82) is 0 Å². The second-order valence-corrected chi connectivity index (χ2v) is 15.7. The van der Waals surface area contributed by atoms with Crippen molar-refractivity contribution in [2.75, 3.05) is 11.4 Å². The van der Waals surface area contributed by atoms with Crippen molar-refractivity contribution in [3.05, 3.63) is 224 Å². The number of nitrogens with zero attached hydrogens (tertiary/aromatic N) is 1. The van der Waals surface area contributed by atoms with Gasteiger partial charge in [-0.3, -0.25) is 0 Å². The van der Waals surface area contributed by atoms with Crippen molar-refractivity contribution in [2.24, 2.45) is 5.92 Å². The fourth-order valence-electron chi connectivity index (χ4n) is 8.71. The van der Waals surface area contributed by atoms with Gasteiger partial charge in [-0.15, -0.1) is 0 Å². The lowest BCUT2D eigenvalue weighted by atomic mass is 9.92. The van der Waals surface area contributed by atoms with Crippen LogP contribution in [0.5, 0.6) is 0 Å². The molecule has 2 nitrogen and oxygen atoms in total. The van der Waals surface area contributed by atoms with Gasteiger partial charge in [-0.05, 0) is 124 Å². The van der Waals surface area contributed by atoms with Gasteiger partial charge < -0.3 is 10.2 Å². The molecule has 0 aromatic heterocycles. The van der Waals surface area contributed by atoms with Gasteiger partial charge >= 0.3 is 0 Å². The van der Waals surface area contributed by atoms with E-state index in [2.05, 4.69) is 236 Å². The Labute approximate surface area is 355 Å². The zero-order valence-electron chi connectivity index (χ0n) is 34.3. The first kappa shape index (κ1) is 38.4. The molecule has 9 rings (SSSR count). The van der Waals surface area contributed by atoms with E-state index in [9.17, 15) is 0 Å². The summed E-state index contributed by atoms with van der Waals surface area (Å²) in [7, 11) is 0. The van der Waals surface area contributed by atoms with E-state index in [0.29, 0.717) is 5.92 Å². The molecule has 1 aliphatic carbocycles. The van der Waals surface area contributed by atoms with E-state index in [1.54, 1.807) is 0 Å². The van der Waals surface area contributed by atoms with Gasteiger partial charge in [0.15, 0.2) is 0 Å². The lowest BCUT2D eigenvalue weighted by Crippen LogP contribution is -2.21. The molecule has 0 saturated heterocycles. The van der Waals surface area contributed by atoms with Crippen molar-refractivity contribution in [1.82, 2.24) is 5.32 Å². The molecule has 1 atom stereocenters. The van der Waals surface area contributed by atoms with Gasteiger partial charge in [0.05, 0.1) is 5.69 Å². The summed E-state index contributed by atoms with van der Waals surface area (Å²) in [5.74, 6) is 0.541. The normalized spacial score (nSPS) is 13.7. The van der Waals surface area contributed by atoms with Crippen LogP contribution in [0.4, 0.5) is 17.1 Å². The molecule has 0 saturated carbocycles. The molecule has 292 valence electrons. The Bertz CT molecular complexity index is 2800. The molecule has 0 radical (unpaired) electrons. The van der Waals surface area contributed by atoms with E-state index in [1.165, 1.54) is 80.1 Å². The van der Waals surface area contributed by atoms with Crippen LogP contribution in [0.15, 0.2) is 213 Å². The van der Waals surface area contributed by atoms with Gasteiger partial charge in [0, 0.05) is 34.6 Å². The van der Waals surface area contributed by atoms with Gasteiger partial charge in [0.25, 0.3) is 0 Å². The van der Waals surface area contributed by atoms with E-state index in [1.807, 2.05) is 0 Å². The van der Waals surface area contributed by atoms with E-state index in [4.69, 9.17) is 0 Å². The van der Waals surface area contributed by atoms with E-state index < -0.39 is 0 Å². The van der Waals surface area contributed by atoms with Crippen LogP contribution in [0.25, 0.3) is 67.1 Å². The van der Waals surface area contributed by atoms with Crippen molar-refractivity contribution in [2.45, 2.75) is 26.2 Å². The smallest absolute Gasteiger partial charge is 0.0540 e. The Morgan fingerprint density at radius 1 is 0.583 bits per heavy atom. The molecule has 0 fully saturated rings. The topological polar surface area (TPSA) is 15.3 Å². The summed E-state index contributed by atoms with van der Waals surface area (Å²) in [4.78, 5) is 2.40. The summed E-state index contributed by atoms with van der Waals surface area (Å²) < 4.78 is 0. The minimum absolute atomic E-state index is 0.541. The van der Waals surface area contributed by atoms with Crippen molar-refractivity contribution in [3.63, 3.8) is 0 Å². The van der Waals surface area contributed by atoms with Crippen molar-refractivity contribution in [3.8, 4) is 44.5 Å². The molecule has 8 aromatic carbocycles. The number of allylic oxidation sites excluding steroid dienone is 2.